The van der Waals surface area contributed by atoms with Crippen molar-refractivity contribution in [3.8, 4) is 0 Å². The lowest BCUT2D eigenvalue weighted by Crippen LogP contribution is -2.46. The number of methoxy groups -OCH3 is 1. The van der Waals surface area contributed by atoms with E-state index in [2.05, 4.69) is 16.7 Å². The van der Waals surface area contributed by atoms with Gasteiger partial charge < -0.3 is 20.3 Å². The summed E-state index contributed by atoms with van der Waals surface area (Å²) in [6.07, 6.45) is 2.37. The number of piperazine rings is 1. The van der Waals surface area contributed by atoms with Gasteiger partial charge in [-0.3, -0.25) is 0 Å². The Labute approximate surface area is 129 Å². The van der Waals surface area contributed by atoms with Crippen LogP contribution >= 0.6 is 11.3 Å². The van der Waals surface area contributed by atoms with E-state index in [4.69, 9.17) is 10.5 Å². The van der Waals surface area contributed by atoms with Crippen LogP contribution in [0.25, 0.3) is 0 Å². The number of likely N-dealkylation sites (N-methyl/N-ethyl adjacent to an activating group) is 1. The zero-order chi connectivity index (χ0) is 15.0. The molecule has 3 rings (SSSR count). The van der Waals surface area contributed by atoms with Crippen LogP contribution in [-0.2, 0) is 4.74 Å². The molecule has 116 valence electrons. The summed E-state index contributed by atoms with van der Waals surface area (Å²) in [6.45, 7) is 7.47. The van der Waals surface area contributed by atoms with Gasteiger partial charge in [0, 0.05) is 31.7 Å². The van der Waals surface area contributed by atoms with Gasteiger partial charge in [-0.1, -0.05) is 6.92 Å². The summed E-state index contributed by atoms with van der Waals surface area (Å²) in [6, 6.07) is 0. The molecule has 5 nitrogen and oxygen atoms in total. The molecule has 1 aliphatic heterocycles. The molecule has 2 heterocycles. The molecule has 1 aromatic rings. The molecule has 0 unspecified atom stereocenters. The molecule has 1 aromatic heterocycles. The second-order valence-corrected chi connectivity index (χ2v) is 6.75. The van der Waals surface area contributed by atoms with Crippen LogP contribution in [0, 0.1) is 0 Å². The van der Waals surface area contributed by atoms with Crippen LogP contribution < -0.4 is 10.6 Å². The first kappa shape index (κ1) is 14.7. The number of nitrogen functional groups attached to an aromatic ring is 1. The summed E-state index contributed by atoms with van der Waals surface area (Å²) in [5.74, 6) is 0.233. The maximum absolute atomic E-state index is 11.9. The summed E-state index contributed by atoms with van der Waals surface area (Å²) in [4.78, 5) is 17.3. The first-order chi connectivity index (χ1) is 10.2. The summed E-state index contributed by atoms with van der Waals surface area (Å²) in [5, 5.41) is 1.20. The van der Waals surface area contributed by atoms with Gasteiger partial charge in [-0.25, -0.2) is 4.79 Å². The largest absolute Gasteiger partial charge is 0.465 e. The number of hydrogen-bond donors (Lipinski definition) is 1. The molecular weight excluding hydrogens is 286 g/mol. The third-order valence-corrected chi connectivity index (χ3v) is 5.69. The molecular formula is C15H23N3O2S. The van der Waals surface area contributed by atoms with E-state index in [9.17, 15) is 4.79 Å². The average Bonchev–Trinajstić information content (AvgIpc) is 3.30. The average molecular weight is 309 g/mol. The van der Waals surface area contributed by atoms with Crippen LogP contribution in [0.2, 0.25) is 0 Å². The molecule has 6 heteroatoms. The molecule has 1 aliphatic carbocycles. The number of rotatable bonds is 4. The Morgan fingerprint density at radius 2 is 2.00 bits per heavy atom. The minimum absolute atomic E-state index is 0.308. The van der Waals surface area contributed by atoms with Crippen molar-refractivity contribution < 1.29 is 9.53 Å². The van der Waals surface area contributed by atoms with E-state index in [-0.39, 0.29) is 5.97 Å². The third-order valence-electron chi connectivity index (χ3n) is 4.43. The van der Waals surface area contributed by atoms with E-state index >= 15 is 0 Å². The Morgan fingerprint density at radius 3 is 2.52 bits per heavy atom. The van der Waals surface area contributed by atoms with Gasteiger partial charge in [-0.2, -0.15) is 0 Å². The molecule has 1 saturated heterocycles. The maximum Gasteiger partial charge on any atom is 0.350 e. The highest BCUT2D eigenvalue weighted by Crippen LogP contribution is 2.52. The SMILES string of the molecule is CCN1CCN(c2sc(C(=O)OC)c(N)c2C2CC2)CC1. The van der Waals surface area contributed by atoms with Gasteiger partial charge in [0.2, 0.25) is 0 Å². The standard InChI is InChI=1S/C15H23N3O2S/c1-3-17-6-8-18(9-7-17)14-11(10-4-5-10)12(16)13(21-14)15(19)20-2/h10H,3-9,16H2,1-2H3. The highest BCUT2D eigenvalue weighted by molar-refractivity contribution is 7.18. The fourth-order valence-corrected chi connectivity index (χ4v) is 4.24. The van der Waals surface area contributed by atoms with Gasteiger partial charge in [0.05, 0.1) is 17.8 Å². The Bertz CT molecular complexity index is 531. The minimum Gasteiger partial charge on any atom is -0.465 e. The molecule has 0 aromatic carbocycles. The van der Waals surface area contributed by atoms with E-state index in [0.717, 1.165) is 32.7 Å². The molecule has 0 bridgehead atoms. The zero-order valence-corrected chi connectivity index (χ0v) is 13.5. The van der Waals surface area contributed by atoms with Crippen LogP contribution in [-0.4, -0.2) is 50.7 Å². The fourth-order valence-electron chi connectivity index (χ4n) is 2.96. The molecule has 0 amide bonds. The second-order valence-electron chi connectivity index (χ2n) is 5.75. The molecule has 1 saturated carbocycles. The van der Waals surface area contributed by atoms with Crippen molar-refractivity contribution in [3.63, 3.8) is 0 Å². The lowest BCUT2D eigenvalue weighted by atomic mass is 10.1. The summed E-state index contributed by atoms with van der Waals surface area (Å²) < 4.78 is 4.87. The zero-order valence-electron chi connectivity index (χ0n) is 12.7. The number of anilines is 2. The van der Waals surface area contributed by atoms with Crippen LogP contribution in [0.15, 0.2) is 0 Å². The monoisotopic (exact) mass is 309 g/mol. The van der Waals surface area contributed by atoms with Crippen molar-refractivity contribution in [1.82, 2.24) is 4.90 Å². The smallest absolute Gasteiger partial charge is 0.350 e. The number of carbonyl (C=O) groups is 1. The number of esters is 1. The second kappa shape index (κ2) is 5.85. The Balaban J connectivity index is 1.89. The number of ether oxygens (including phenoxy) is 1. The Kier molecular flexibility index (Phi) is 4.08. The molecule has 2 fully saturated rings. The molecule has 2 N–H and O–H groups in total. The Morgan fingerprint density at radius 1 is 1.33 bits per heavy atom. The van der Waals surface area contributed by atoms with Crippen molar-refractivity contribution in [2.45, 2.75) is 25.7 Å². The molecule has 2 aliphatic rings. The van der Waals surface area contributed by atoms with Crippen molar-refractivity contribution in [2.24, 2.45) is 0 Å². The maximum atomic E-state index is 11.9. The van der Waals surface area contributed by atoms with Crippen molar-refractivity contribution in [2.75, 3.05) is 50.5 Å². The van der Waals surface area contributed by atoms with Crippen LogP contribution in [0.3, 0.4) is 0 Å². The van der Waals surface area contributed by atoms with E-state index in [0.29, 0.717) is 16.5 Å². The number of nitrogens with zero attached hydrogens (tertiary/aromatic N) is 2. The summed E-state index contributed by atoms with van der Waals surface area (Å²) in [7, 11) is 1.41. The normalized spacial score (nSPS) is 19.8. The van der Waals surface area contributed by atoms with Crippen molar-refractivity contribution >= 4 is 28.0 Å². The van der Waals surface area contributed by atoms with E-state index in [1.54, 1.807) is 0 Å². The van der Waals surface area contributed by atoms with Gasteiger partial charge >= 0.3 is 5.97 Å². The quantitative estimate of drug-likeness (QED) is 0.864. The van der Waals surface area contributed by atoms with Crippen LogP contribution in [0.5, 0.6) is 0 Å². The number of nitrogens with two attached hydrogens (primary N) is 1. The number of hydrogen-bond acceptors (Lipinski definition) is 6. The van der Waals surface area contributed by atoms with Gasteiger partial charge in [0.1, 0.15) is 4.88 Å². The van der Waals surface area contributed by atoms with Crippen molar-refractivity contribution in [1.29, 1.82) is 0 Å². The Hall–Kier alpha value is -1.27. The van der Waals surface area contributed by atoms with Gasteiger partial charge in [-0.05, 0) is 25.3 Å². The predicted octanol–water partition coefficient (Wildman–Crippen LogP) is 2.14. The lowest BCUT2D eigenvalue weighted by Gasteiger charge is -2.35. The lowest BCUT2D eigenvalue weighted by molar-refractivity contribution is 0.0607. The predicted molar refractivity (Wildman–Crippen MR) is 86.4 cm³/mol. The van der Waals surface area contributed by atoms with E-state index in [1.165, 1.54) is 41.9 Å². The van der Waals surface area contributed by atoms with E-state index < -0.39 is 0 Å². The number of thiophene rings is 1. The van der Waals surface area contributed by atoms with Crippen LogP contribution in [0.1, 0.15) is 40.9 Å². The molecule has 0 spiro atoms. The highest BCUT2D eigenvalue weighted by Gasteiger charge is 2.35. The highest BCUT2D eigenvalue weighted by atomic mass is 32.1. The topological polar surface area (TPSA) is 58.8 Å². The van der Waals surface area contributed by atoms with Gasteiger partial charge in [0.25, 0.3) is 0 Å². The van der Waals surface area contributed by atoms with E-state index in [1.807, 2.05) is 0 Å². The van der Waals surface area contributed by atoms with Gasteiger partial charge in [0.15, 0.2) is 0 Å². The third kappa shape index (κ3) is 2.74. The van der Waals surface area contributed by atoms with Gasteiger partial charge in [-0.15, -0.1) is 11.3 Å². The first-order valence-corrected chi connectivity index (χ1v) is 8.45. The summed E-state index contributed by atoms with van der Waals surface area (Å²) in [5.41, 5.74) is 8.11. The fraction of sp³-hybridized carbons (Fsp3) is 0.667. The van der Waals surface area contributed by atoms with Crippen LogP contribution in [0.4, 0.5) is 10.7 Å². The minimum atomic E-state index is -0.308. The van der Waals surface area contributed by atoms with Crippen molar-refractivity contribution in [3.05, 3.63) is 10.4 Å². The first-order valence-electron chi connectivity index (χ1n) is 7.63. The summed E-state index contributed by atoms with van der Waals surface area (Å²) >= 11 is 1.51. The molecule has 21 heavy (non-hydrogen) atoms. The number of carbonyl (C=O) groups excluding carboxylic acids is 1. The molecule has 0 radical (unpaired) electrons. The molecule has 0 atom stereocenters.